The topological polar surface area (TPSA) is 30.2 Å². The van der Waals surface area contributed by atoms with Crippen molar-refractivity contribution in [3.05, 3.63) is 58.9 Å². The maximum Gasteiger partial charge on any atom is 0.200 e. The van der Waals surface area contributed by atoms with Crippen LogP contribution in [0.3, 0.4) is 0 Å². The summed E-state index contributed by atoms with van der Waals surface area (Å²) in [5, 5.41) is 0. The predicted molar refractivity (Wildman–Crippen MR) is 63.3 cm³/mol. The highest BCUT2D eigenvalue weighted by Gasteiger charge is 2.25. The number of benzene rings is 1. The first-order chi connectivity index (χ1) is 7.84. The monoisotopic (exact) mass is 228 g/mol. The van der Waals surface area contributed by atoms with Crippen LogP contribution in [0.1, 0.15) is 16.1 Å². The van der Waals surface area contributed by atoms with Gasteiger partial charge in [-0.2, -0.15) is 0 Å². The Morgan fingerprint density at radius 1 is 1.12 bits per heavy atom. The van der Waals surface area contributed by atoms with Crippen molar-refractivity contribution in [2.45, 2.75) is 4.90 Å². The maximum absolute atomic E-state index is 12.0. The number of carbonyl (C=O) groups excluding carboxylic acids is 1. The lowest BCUT2D eigenvalue weighted by Crippen LogP contribution is -1.93. The molecule has 0 aliphatic carbocycles. The molecule has 2 aromatic rings. The maximum atomic E-state index is 12.0. The Morgan fingerprint density at radius 3 is 2.75 bits per heavy atom. The number of hydrogen-bond acceptors (Lipinski definition) is 3. The second-order valence-electron chi connectivity index (χ2n) is 3.45. The van der Waals surface area contributed by atoms with E-state index in [0.717, 1.165) is 15.4 Å². The second-order valence-corrected chi connectivity index (χ2v) is 4.54. The molecule has 2 nitrogen and oxygen atoms in total. The van der Waals surface area contributed by atoms with Gasteiger partial charge in [-0.15, -0.1) is 0 Å². The van der Waals surface area contributed by atoms with Crippen molar-refractivity contribution < 1.29 is 9.21 Å². The fraction of sp³-hybridized carbons (Fsp3) is 0. The average Bonchev–Trinajstić information content (AvgIpc) is 2.90. The quantitative estimate of drug-likeness (QED) is 0.698. The number of furan rings is 1. The minimum Gasteiger partial charge on any atom is -0.465 e. The van der Waals surface area contributed by atoms with Gasteiger partial charge in [-0.25, -0.2) is 0 Å². The van der Waals surface area contributed by atoms with Crippen molar-refractivity contribution in [3.8, 4) is 0 Å². The molecule has 0 amide bonds. The molecule has 3 heteroatoms. The standard InChI is InChI=1S/C13H8O2S/c14-13-10-5-1-2-6-11(10)16-12(13)8-9-4-3-7-15-9/h1-8H. The summed E-state index contributed by atoms with van der Waals surface area (Å²) >= 11 is 1.49. The summed E-state index contributed by atoms with van der Waals surface area (Å²) in [6.45, 7) is 0. The van der Waals surface area contributed by atoms with Crippen LogP contribution in [0.2, 0.25) is 0 Å². The molecule has 3 rings (SSSR count). The third-order valence-electron chi connectivity index (χ3n) is 2.39. The van der Waals surface area contributed by atoms with Crippen molar-refractivity contribution in [2.75, 3.05) is 0 Å². The molecule has 2 heterocycles. The first-order valence-corrected chi connectivity index (χ1v) is 5.73. The minimum atomic E-state index is 0.0806. The zero-order valence-corrected chi connectivity index (χ0v) is 9.16. The molecule has 0 bridgehead atoms. The van der Waals surface area contributed by atoms with E-state index in [1.165, 1.54) is 11.8 Å². The Morgan fingerprint density at radius 2 is 2.00 bits per heavy atom. The molecule has 16 heavy (non-hydrogen) atoms. The number of hydrogen-bond donors (Lipinski definition) is 0. The van der Waals surface area contributed by atoms with Crippen molar-refractivity contribution in [2.24, 2.45) is 0 Å². The minimum absolute atomic E-state index is 0.0806. The van der Waals surface area contributed by atoms with Crippen LogP contribution in [0.4, 0.5) is 0 Å². The van der Waals surface area contributed by atoms with Crippen molar-refractivity contribution in [3.63, 3.8) is 0 Å². The molecular weight excluding hydrogens is 220 g/mol. The molecule has 0 saturated heterocycles. The van der Waals surface area contributed by atoms with Crippen molar-refractivity contribution in [1.29, 1.82) is 0 Å². The molecular formula is C13H8O2S. The van der Waals surface area contributed by atoms with Crippen LogP contribution in [0.25, 0.3) is 6.08 Å². The van der Waals surface area contributed by atoms with Gasteiger partial charge in [0.1, 0.15) is 5.76 Å². The van der Waals surface area contributed by atoms with E-state index in [1.807, 2.05) is 36.4 Å². The molecule has 0 unspecified atom stereocenters. The van der Waals surface area contributed by atoms with Crippen LogP contribution >= 0.6 is 11.8 Å². The Hall–Kier alpha value is -1.74. The molecule has 0 spiro atoms. The summed E-state index contributed by atoms with van der Waals surface area (Å²) in [6, 6.07) is 11.3. The van der Waals surface area contributed by atoms with Crippen LogP contribution in [0.5, 0.6) is 0 Å². The summed E-state index contributed by atoms with van der Waals surface area (Å²) in [5.74, 6) is 0.792. The first kappa shape index (κ1) is 9.48. The second kappa shape index (κ2) is 3.68. The van der Waals surface area contributed by atoms with Gasteiger partial charge in [0.25, 0.3) is 0 Å². The third kappa shape index (κ3) is 1.49. The molecule has 1 aromatic carbocycles. The van der Waals surface area contributed by atoms with Gasteiger partial charge in [-0.1, -0.05) is 23.9 Å². The van der Waals surface area contributed by atoms with Gasteiger partial charge in [-0.3, -0.25) is 4.79 Å². The molecule has 0 fully saturated rings. The summed E-state index contributed by atoms with van der Waals surface area (Å²) < 4.78 is 5.20. The van der Waals surface area contributed by atoms with Gasteiger partial charge >= 0.3 is 0 Å². The summed E-state index contributed by atoms with van der Waals surface area (Å²) in [6.07, 6.45) is 3.39. The first-order valence-electron chi connectivity index (χ1n) is 4.91. The molecule has 0 atom stereocenters. The highest BCUT2D eigenvalue weighted by atomic mass is 32.2. The van der Waals surface area contributed by atoms with Crippen LogP contribution in [0, 0.1) is 0 Å². The van der Waals surface area contributed by atoms with E-state index in [4.69, 9.17) is 4.42 Å². The normalized spacial score (nSPS) is 16.8. The molecule has 1 aliphatic rings. The highest BCUT2D eigenvalue weighted by Crippen LogP contribution is 2.40. The Kier molecular flexibility index (Phi) is 2.18. The number of fused-ring (bicyclic) bond motifs is 1. The fourth-order valence-corrected chi connectivity index (χ4v) is 2.67. The SMILES string of the molecule is O=C1C(=Cc2ccco2)Sc2ccccc21. The lowest BCUT2D eigenvalue weighted by atomic mass is 10.1. The van der Waals surface area contributed by atoms with Crippen LogP contribution < -0.4 is 0 Å². The molecule has 1 aliphatic heterocycles. The molecule has 0 N–H and O–H groups in total. The summed E-state index contributed by atoms with van der Waals surface area (Å²) in [5.41, 5.74) is 0.783. The van der Waals surface area contributed by atoms with Gasteiger partial charge in [0.15, 0.2) is 0 Å². The molecule has 1 aromatic heterocycles. The number of rotatable bonds is 1. The van der Waals surface area contributed by atoms with E-state index in [-0.39, 0.29) is 5.78 Å². The van der Waals surface area contributed by atoms with Gasteiger partial charge in [0.05, 0.1) is 11.2 Å². The molecule has 0 saturated carbocycles. The number of thioether (sulfide) groups is 1. The Bertz CT molecular complexity index is 567. The molecule has 0 radical (unpaired) electrons. The number of Topliss-reactive ketones (excluding diaryl/α,β-unsaturated/α-hetero) is 1. The van der Waals surface area contributed by atoms with Gasteiger partial charge in [0, 0.05) is 10.5 Å². The van der Waals surface area contributed by atoms with E-state index in [9.17, 15) is 4.79 Å². The van der Waals surface area contributed by atoms with E-state index < -0.39 is 0 Å². The average molecular weight is 228 g/mol. The van der Waals surface area contributed by atoms with Gasteiger partial charge < -0.3 is 4.42 Å². The lowest BCUT2D eigenvalue weighted by molar-refractivity contribution is 0.104. The van der Waals surface area contributed by atoms with Crippen molar-refractivity contribution >= 4 is 23.6 Å². The zero-order valence-electron chi connectivity index (χ0n) is 8.34. The lowest BCUT2D eigenvalue weighted by Gasteiger charge is -1.90. The van der Waals surface area contributed by atoms with Crippen LogP contribution in [-0.2, 0) is 0 Å². The predicted octanol–water partition coefficient (Wildman–Crippen LogP) is 3.61. The zero-order chi connectivity index (χ0) is 11.0. The third-order valence-corrected chi connectivity index (χ3v) is 3.49. The number of allylic oxidation sites excluding steroid dienone is 1. The summed E-state index contributed by atoms with van der Waals surface area (Å²) in [4.78, 5) is 13.7. The van der Waals surface area contributed by atoms with E-state index in [1.54, 1.807) is 12.3 Å². The van der Waals surface area contributed by atoms with Gasteiger partial charge in [0.2, 0.25) is 5.78 Å². The summed E-state index contributed by atoms with van der Waals surface area (Å²) in [7, 11) is 0. The van der Waals surface area contributed by atoms with E-state index in [2.05, 4.69) is 0 Å². The van der Waals surface area contributed by atoms with Crippen LogP contribution in [0.15, 0.2) is 56.9 Å². The van der Waals surface area contributed by atoms with Crippen molar-refractivity contribution in [1.82, 2.24) is 0 Å². The number of ketones is 1. The Balaban J connectivity index is 2.02. The highest BCUT2D eigenvalue weighted by molar-refractivity contribution is 8.04. The fourth-order valence-electron chi connectivity index (χ4n) is 1.64. The largest absolute Gasteiger partial charge is 0.465 e. The van der Waals surface area contributed by atoms with Crippen LogP contribution in [-0.4, -0.2) is 5.78 Å². The smallest absolute Gasteiger partial charge is 0.200 e. The van der Waals surface area contributed by atoms with Gasteiger partial charge in [-0.05, 0) is 30.3 Å². The number of carbonyl (C=O) groups is 1. The molecule has 78 valence electrons. The van der Waals surface area contributed by atoms with E-state index in [0.29, 0.717) is 5.76 Å². The van der Waals surface area contributed by atoms with E-state index >= 15 is 0 Å². The Labute approximate surface area is 97.0 Å².